The highest BCUT2D eigenvalue weighted by Crippen LogP contribution is 2.21. The van der Waals surface area contributed by atoms with Crippen molar-refractivity contribution in [2.45, 2.75) is 20.3 Å². The van der Waals surface area contributed by atoms with Crippen molar-refractivity contribution in [3.05, 3.63) is 22.6 Å². The Morgan fingerprint density at radius 2 is 2.09 bits per heavy atom. The molecule has 1 aliphatic rings. The van der Waals surface area contributed by atoms with Crippen LogP contribution in [0, 0.1) is 5.92 Å². The molecule has 0 unspecified atom stereocenters. The van der Waals surface area contributed by atoms with Gasteiger partial charge < -0.3 is 4.90 Å². The Labute approximate surface area is 137 Å². The van der Waals surface area contributed by atoms with E-state index < -0.39 is 10.2 Å². The molecule has 9 heteroatoms. The second-order valence-electron chi connectivity index (χ2n) is 5.71. The van der Waals surface area contributed by atoms with Gasteiger partial charge in [0, 0.05) is 45.8 Å². The van der Waals surface area contributed by atoms with Crippen LogP contribution < -0.4 is 15.2 Å². The van der Waals surface area contributed by atoms with Gasteiger partial charge >= 0.3 is 0 Å². The largest absolute Gasteiger partial charge is 0.370 e. The van der Waals surface area contributed by atoms with Crippen LogP contribution in [0.5, 0.6) is 0 Å². The highest BCUT2D eigenvalue weighted by molar-refractivity contribution is 7.87. The average molecular weight is 343 g/mol. The molecule has 1 N–H and O–H groups in total. The van der Waals surface area contributed by atoms with Gasteiger partial charge in [0.25, 0.3) is 15.8 Å². The Balaban J connectivity index is 1.93. The summed E-state index contributed by atoms with van der Waals surface area (Å²) in [5.41, 5.74) is 0.649. The van der Waals surface area contributed by atoms with Crippen LogP contribution in [-0.4, -0.2) is 55.2 Å². The normalized spacial score (nSPS) is 18.8. The van der Waals surface area contributed by atoms with Gasteiger partial charge in [0.2, 0.25) is 0 Å². The zero-order chi connectivity index (χ0) is 17.0. The van der Waals surface area contributed by atoms with E-state index in [1.165, 1.54) is 8.99 Å². The van der Waals surface area contributed by atoms with Crippen molar-refractivity contribution in [1.29, 1.82) is 0 Å². The van der Waals surface area contributed by atoms with Gasteiger partial charge in [-0.05, 0) is 12.3 Å². The summed E-state index contributed by atoms with van der Waals surface area (Å²) in [6.07, 6.45) is 2.56. The molecular weight excluding hydrogens is 318 g/mol. The Morgan fingerprint density at radius 1 is 1.39 bits per heavy atom. The molecule has 0 bridgehead atoms. The van der Waals surface area contributed by atoms with Crippen LogP contribution in [-0.2, 0) is 17.3 Å². The monoisotopic (exact) mass is 343 g/mol. The Hall–Kier alpha value is -1.45. The Morgan fingerprint density at radius 3 is 2.70 bits per heavy atom. The molecule has 2 rings (SSSR count). The molecule has 23 heavy (non-hydrogen) atoms. The van der Waals surface area contributed by atoms with Gasteiger partial charge in [-0.15, -0.1) is 0 Å². The highest BCUT2D eigenvalue weighted by atomic mass is 32.2. The van der Waals surface area contributed by atoms with Gasteiger partial charge in [0.05, 0.1) is 11.9 Å². The molecule has 1 atom stereocenters. The minimum absolute atomic E-state index is 0.145. The maximum absolute atomic E-state index is 12.1. The van der Waals surface area contributed by atoms with Crippen molar-refractivity contribution in [3.63, 3.8) is 0 Å². The molecule has 2 heterocycles. The molecule has 1 aliphatic heterocycles. The molecule has 0 aromatic carbocycles. The first-order chi connectivity index (χ1) is 10.9. The van der Waals surface area contributed by atoms with Gasteiger partial charge in [-0.2, -0.15) is 17.8 Å². The molecule has 1 fully saturated rings. The summed E-state index contributed by atoms with van der Waals surface area (Å²) < 4.78 is 29.6. The number of rotatable bonds is 7. The number of hydrogen-bond acceptors (Lipinski definition) is 5. The lowest BCUT2D eigenvalue weighted by Gasteiger charge is -2.21. The van der Waals surface area contributed by atoms with E-state index in [1.54, 1.807) is 19.3 Å². The highest BCUT2D eigenvalue weighted by Gasteiger charge is 2.26. The number of anilines is 1. The number of aromatic nitrogens is 2. The van der Waals surface area contributed by atoms with E-state index in [-0.39, 0.29) is 11.5 Å². The molecule has 0 spiro atoms. The van der Waals surface area contributed by atoms with Crippen LogP contribution in [0.3, 0.4) is 0 Å². The minimum Gasteiger partial charge on any atom is -0.370 e. The number of aryl methyl sites for hydroxylation is 1. The topological polar surface area (TPSA) is 87.5 Å². The predicted octanol–water partition coefficient (Wildman–Crippen LogP) is -0.217. The molecule has 0 amide bonds. The van der Waals surface area contributed by atoms with E-state index in [4.69, 9.17) is 0 Å². The van der Waals surface area contributed by atoms with Crippen molar-refractivity contribution in [3.8, 4) is 0 Å². The van der Waals surface area contributed by atoms with Crippen LogP contribution >= 0.6 is 0 Å². The third-order valence-corrected chi connectivity index (χ3v) is 5.93. The molecular formula is C14H25N5O3S. The van der Waals surface area contributed by atoms with Crippen molar-refractivity contribution in [2.24, 2.45) is 13.0 Å². The van der Waals surface area contributed by atoms with E-state index in [0.29, 0.717) is 19.6 Å². The first-order valence-electron chi connectivity index (χ1n) is 7.90. The van der Waals surface area contributed by atoms with E-state index in [1.807, 2.05) is 13.8 Å². The fourth-order valence-electron chi connectivity index (χ4n) is 2.74. The molecule has 1 aromatic heterocycles. The second kappa shape index (κ2) is 7.41. The first kappa shape index (κ1) is 17.9. The third kappa shape index (κ3) is 4.30. The fraction of sp³-hybridized carbons (Fsp3) is 0.714. The summed E-state index contributed by atoms with van der Waals surface area (Å²) in [5.74, 6) is 0.226. The lowest BCUT2D eigenvalue weighted by molar-refractivity contribution is 0.428. The predicted molar refractivity (Wildman–Crippen MR) is 89.6 cm³/mol. The summed E-state index contributed by atoms with van der Waals surface area (Å²) in [4.78, 5) is 13.7. The van der Waals surface area contributed by atoms with E-state index in [0.717, 1.165) is 25.2 Å². The van der Waals surface area contributed by atoms with Crippen molar-refractivity contribution in [1.82, 2.24) is 18.8 Å². The number of nitrogens with zero attached hydrogens (tertiary/aromatic N) is 4. The lowest BCUT2D eigenvalue weighted by atomic mass is 10.1. The number of hydrogen-bond donors (Lipinski definition) is 1. The second-order valence-corrected chi connectivity index (χ2v) is 7.47. The molecule has 130 valence electrons. The zero-order valence-corrected chi connectivity index (χ0v) is 14.7. The molecule has 0 radical (unpaired) electrons. The van der Waals surface area contributed by atoms with Crippen LogP contribution in [0.25, 0.3) is 0 Å². The van der Waals surface area contributed by atoms with E-state index in [2.05, 4.69) is 14.7 Å². The van der Waals surface area contributed by atoms with Crippen LogP contribution in [0.4, 0.5) is 5.69 Å². The first-order valence-corrected chi connectivity index (χ1v) is 9.34. The molecule has 1 aromatic rings. The standard InChI is InChI=1S/C14H25N5O3S/c1-4-19(5-2)23(21,22)16-9-12-6-7-18(11-12)13-8-14(20)17(3)15-10-13/h8,10,12,16H,4-7,9,11H2,1-3H3/t12-/m1/s1. The SMILES string of the molecule is CCN(CC)S(=O)(=O)NC[C@H]1CCN(c2cnn(C)c(=O)c2)C1. The smallest absolute Gasteiger partial charge is 0.279 e. The van der Waals surface area contributed by atoms with E-state index in [9.17, 15) is 13.2 Å². The van der Waals surface area contributed by atoms with Gasteiger partial charge in [-0.3, -0.25) is 4.79 Å². The summed E-state index contributed by atoms with van der Waals surface area (Å²) in [6.45, 7) is 6.49. The van der Waals surface area contributed by atoms with Crippen LogP contribution in [0.2, 0.25) is 0 Å². The van der Waals surface area contributed by atoms with Gasteiger partial charge in [-0.25, -0.2) is 9.40 Å². The van der Waals surface area contributed by atoms with Gasteiger partial charge in [0.1, 0.15) is 0 Å². The van der Waals surface area contributed by atoms with E-state index >= 15 is 0 Å². The minimum atomic E-state index is -3.41. The summed E-state index contributed by atoms with van der Waals surface area (Å²) in [6, 6.07) is 1.56. The third-order valence-electron chi connectivity index (χ3n) is 4.20. The van der Waals surface area contributed by atoms with Crippen molar-refractivity contribution >= 4 is 15.9 Å². The zero-order valence-electron chi connectivity index (χ0n) is 13.9. The van der Waals surface area contributed by atoms with Crippen molar-refractivity contribution < 1.29 is 8.42 Å². The summed E-state index contributed by atoms with van der Waals surface area (Å²) in [7, 11) is -1.79. The maximum Gasteiger partial charge on any atom is 0.279 e. The molecule has 8 nitrogen and oxygen atoms in total. The summed E-state index contributed by atoms with van der Waals surface area (Å²) in [5, 5.41) is 4.02. The Bertz CT molecular complexity index is 684. The van der Waals surface area contributed by atoms with Crippen molar-refractivity contribution in [2.75, 3.05) is 37.6 Å². The maximum atomic E-state index is 12.1. The van der Waals surface area contributed by atoms with Crippen LogP contribution in [0.15, 0.2) is 17.1 Å². The Kier molecular flexibility index (Phi) is 5.77. The molecule has 0 saturated carbocycles. The number of nitrogens with one attached hydrogen (secondary N) is 1. The summed E-state index contributed by atoms with van der Waals surface area (Å²) >= 11 is 0. The lowest BCUT2D eigenvalue weighted by Crippen LogP contribution is -2.42. The van der Waals surface area contributed by atoms with Gasteiger partial charge in [-0.1, -0.05) is 13.8 Å². The average Bonchev–Trinajstić information content (AvgIpc) is 2.98. The van der Waals surface area contributed by atoms with Gasteiger partial charge in [0.15, 0.2) is 0 Å². The fourth-order valence-corrected chi connectivity index (χ4v) is 4.05. The molecule has 0 aliphatic carbocycles. The molecule has 1 saturated heterocycles. The van der Waals surface area contributed by atoms with Crippen LogP contribution in [0.1, 0.15) is 20.3 Å². The quantitative estimate of drug-likeness (QED) is 0.740.